The molecule has 5 nitrogen and oxygen atoms in total. The molecule has 0 aliphatic heterocycles. The molecule has 0 spiro atoms. The number of rotatable bonds is 4. The number of hydrogen-bond donors (Lipinski definition) is 1. The van der Waals surface area contributed by atoms with Crippen molar-refractivity contribution in [2.24, 2.45) is 16.5 Å². The van der Waals surface area contributed by atoms with Gasteiger partial charge in [0.2, 0.25) is 0 Å². The van der Waals surface area contributed by atoms with E-state index in [0.717, 1.165) is 37.7 Å². The molecule has 7 heteroatoms. The predicted molar refractivity (Wildman–Crippen MR) is 132 cm³/mol. The smallest absolute Gasteiger partial charge is 0.367 e. The van der Waals surface area contributed by atoms with E-state index in [1.807, 2.05) is 13.0 Å². The Kier molecular flexibility index (Phi) is 7.30. The lowest BCUT2D eigenvalue weighted by atomic mass is 9.62. The lowest BCUT2D eigenvalue weighted by Crippen LogP contribution is -2.47. The highest BCUT2D eigenvalue weighted by Crippen LogP contribution is 2.65. The van der Waals surface area contributed by atoms with Gasteiger partial charge >= 0.3 is 3.98 Å². The summed E-state index contributed by atoms with van der Waals surface area (Å²) in [4.78, 5) is 22.5. The van der Waals surface area contributed by atoms with Gasteiger partial charge in [0.05, 0.1) is 34.7 Å². The molecule has 29 heavy (non-hydrogen) atoms. The first-order valence-corrected chi connectivity index (χ1v) is 12.4. The summed E-state index contributed by atoms with van der Waals surface area (Å²) in [5.74, 6) is 0.338. The Morgan fingerprint density at radius 1 is 1.41 bits per heavy atom. The summed E-state index contributed by atoms with van der Waals surface area (Å²) < 4.78 is 5.35. The number of ether oxygens (including phenoxy) is 1. The maximum Gasteiger partial charge on any atom is 0.367 e. The van der Waals surface area contributed by atoms with Crippen molar-refractivity contribution in [2.45, 2.75) is 80.5 Å². The fourth-order valence-electron chi connectivity index (χ4n) is 5.74. The van der Waals surface area contributed by atoms with Crippen molar-refractivity contribution >= 4 is 49.2 Å². The van der Waals surface area contributed by atoms with Gasteiger partial charge in [-0.2, -0.15) is 4.91 Å². The molecular weight excluding hydrogens is 596 g/mol. The van der Waals surface area contributed by atoms with Crippen LogP contribution in [0.3, 0.4) is 0 Å². The Balaban J connectivity index is 1.88. The molecule has 3 saturated carbocycles. The van der Waals surface area contributed by atoms with E-state index in [1.54, 1.807) is 22.6 Å². The first kappa shape index (κ1) is 23.4. The minimum Gasteiger partial charge on any atom is -0.455 e. The monoisotopic (exact) mass is 625 g/mol. The molecule has 0 aromatic rings. The van der Waals surface area contributed by atoms with Crippen LogP contribution in [0.2, 0.25) is 0 Å². The molecule has 0 unspecified atom stereocenters. The topological polar surface area (TPSA) is 76.0 Å². The minimum absolute atomic E-state index is 0.0214. The van der Waals surface area contributed by atoms with Gasteiger partial charge in [-0.3, -0.25) is 0 Å². The zero-order valence-electron chi connectivity index (χ0n) is 17.0. The maximum atomic E-state index is 11.5. The van der Waals surface area contributed by atoms with Crippen molar-refractivity contribution in [3.63, 3.8) is 0 Å². The van der Waals surface area contributed by atoms with Crippen LogP contribution in [0.15, 0.2) is 40.6 Å². The van der Waals surface area contributed by atoms with Crippen molar-refractivity contribution in [2.75, 3.05) is 0 Å². The molecule has 0 saturated heterocycles. The zero-order chi connectivity index (χ0) is 21.4. The highest BCUT2D eigenvalue weighted by molar-refractivity contribution is 14.1. The van der Waals surface area contributed by atoms with Crippen LogP contribution in [0.5, 0.6) is 0 Å². The van der Waals surface area contributed by atoms with Crippen LogP contribution in [-0.2, 0) is 4.74 Å². The van der Waals surface area contributed by atoms with Gasteiger partial charge in [0.1, 0.15) is 6.10 Å². The molecule has 3 fully saturated rings. The third kappa shape index (κ3) is 4.37. The molecule has 160 valence electrons. The first-order chi connectivity index (χ1) is 13.6. The zero-order valence-corrected chi connectivity index (χ0v) is 21.3. The molecule has 3 aliphatic carbocycles. The van der Waals surface area contributed by atoms with Gasteiger partial charge in [-0.25, -0.2) is 4.79 Å². The molecule has 0 amide bonds. The Hall–Kier alpha value is -0.290. The number of nitroso groups, excluding NO2 is 1. The van der Waals surface area contributed by atoms with Crippen molar-refractivity contribution in [1.29, 1.82) is 0 Å². The van der Waals surface area contributed by atoms with E-state index in [-0.39, 0.29) is 25.0 Å². The third-order valence-corrected chi connectivity index (χ3v) is 10.1. The average molecular weight is 625 g/mol. The van der Waals surface area contributed by atoms with Gasteiger partial charge in [-0.15, -0.1) is 0 Å². The van der Waals surface area contributed by atoms with E-state index < -0.39 is 6.10 Å². The number of nitrogens with zero attached hydrogens (tertiary/aromatic N) is 1. The number of allylic oxidation sites excluding steroid dienone is 3. The molecule has 3 aliphatic rings. The average Bonchev–Trinajstić information content (AvgIpc) is 2.94. The number of carbonyl (C=O) groups is 1. The number of halogens is 2. The van der Waals surface area contributed by atoms with Gasteiger partial charge in [-0.1, -0.05) is 59.0 Å². The standard InChI is InChI=1S/C22H29I2NO4/c1-13-15(11-17(25-28)12-19(13)26)6-7-16-5-4-9-21(3)18(8-10-22(16,21)24)14(2)29-20(23)27/h6-7,14,17-19,26H,1,4-5,8-12H2,2-3H3/b15-6-,16-7+/t14-,17+,18+,19-,21+,22+/m0/s1. The number of aliphatic hydroxyl groups excluding tert-OH is 1. The summed E-state index contributed by atoms with van der Waals surface area (Å²) >= 11 is 4.35. The molecule has 1 N–H and O–H groups in total. The Labute approximate surface area is 200 Å². The van der Waals surface area contributed by atoms with E-state index in [9.17, 15) is 14.8 Å². The lowest BCUT2D eigenvalue weighted by molar-refractivity contribution is 0.0342. The summed E-state index contributed by atoms with van der Waals surface area (Å²) in [5.41, 5.74) is 3.10. The Morgan fingerprint density at radius 2 is 2.14 bits per heavy atom. The van der Waals surface area contributed by atoms with E-state index in [4.69, 9.17) is 4.74 Å². The second-order valence-electron chi connectivity index (χ2n) is 8.90. The number of aliphatic hydroxyl groups is 1. The van der Waals surface area contributed by atoms with Crippen molar-refractivity contribution in [3.05, 3.63) is 40.4 Å². The van der Waals surface area contributed by atoms with E-state index in [1.165, 1.54) is 5.57 Å². The summed E-state index contributed by atoms with van der Waals surface area (Å²) in [7, 11) is 0. The highest BCUT2D eigenvalue weighted by Gasteiger charge is 2.60. The van der Waals surface area contributed by atoms with Crippen molar-refractivity contribution < 1.29 is 14.6 Å². The quantitative estimate of drug-likeness (QED) is 0.170. The van der Waals surface area contributed by atoms with E-state index in [2.05, 4.69) is 47.3 Å². The molecule has 0 aromatic heterocycles. The van der Waals surface area contributed by atoms with Gasteiger partial charge < -0.3 is 9.84 Å². The van der Waals surface area contributed by atoms with Crippen LogP contribution in [0.25, 0.3) is 0 Å². The number of fused-ring (bicyclic) bond motifs is 1. The predicted octanol–water partition coefficient (Wildman–Crippen LogP) is 6.42. The van der Waals surface area contributed by atoms with Crippen molar-refractivity contribution in [3.8, 4) is 0 Å². The van der Waals surface area contributed by atoms with Crippen LogP contribution in [0.4, 0.5) is 4.79 Å². The van der Waals surface area contributed by atoms with Gasteiger partial charge in [-0.05, 0) is 62.0 Å². The normalized spacial score (nSPS) is 41.3. The van der Waals surface area contributed by atoms with Crippen LogP contribution < -0.4 is 0 Å². The molecule has 3 rings (SSSR count). The molecule has 0 radical (unpaired) electrons. The highest BCUT2D eigenvalue weighted by atomic mass is 127. The van der Waals surface area contributed by atoms with Gasteiger partial charge in [0, 0.05) is 15.8 Å². The molecule has 6 atom stereocenters. The number of carbonyl (C=O) groups excluding carboxylic acids is 1. The number of hydrogen-bond acceptors (Lipinski definition) is 5. The largest absolute Gasteiger partial charge is 0.455 e. The third-order valence-electron chi connectivity index (χ3n) is 7.42. The summed E-state index contributed by atoms with van der Waals surface area (Å²) in [6.07, 6.45) is 9.75. The fraction of sp³-hybridized carbons (Fsp3) is 0.682. The summed E-state index contributed by atoms with van der Waals surface area (Å²) in [6.45, 7) is 8.40. The second-order valence-corrected chi connectivity index (χ2v) is 11.6. The molecule has 0 heterocycles. The fourth-order valence-corrected chi connectivity index (χ4v) is 7.57. The maximum absolute atomic E-state index is 11.5. The van der Waals surface area contributed by atoms with Gasteiger partial charge in [0.15, 0.2) is 0 Å². The van der Waals surface area contributed by atoms with Crippen LogP contribution in [-0.4, -0.2) is 30.8 Å². The molecular formula is C22H29I2NO4. The first-order valence-electron chi connectivity index (χ1n) is 10.3. The Bertz CT molecular complexity index is 764. The minimum atomic E-state index is -0.694. The molecule has 0 aromatic carbocycles. The Morgan fingerprint density at radius 3 is 2.79 bits per heavy atom. The number of alkyl halides is 1. The molecule has 0 bridgehead atoms. The summed E-state index contributed by atoms with van der Waals surface area (Å²) in [5, 5.41) is 13.3. The van der Waals surface area contributed by atoms with E-state index >= 15 is 0 Å². The van der Waals surface area contributed by atoms with Crippen LogP contribution in [0.1, 0.15) is 58.8 Å². The van der Waals surface area contributed by atoms with Crippen LogP contribution >= 0.6 is 45.2 Å². The SMILES string of the molecule is C=C1/C(=C\C=C2/CCC[C@]3(C)[C@@H]([C@H](C)OC(=O)I)CC[C@@]23I)C[C@@H](N=O)C[C@@H]1O. The second kappa shape index (κ2) is 9.06. The van der Waals surface area contributed by atoms with Gasteiger partial charge in [0.25, 0.3) is 0 Å². The summed E-state index contributed by atoms with van der Waals surface area (Å²) in [6, 6.07) is -0.384. The van der Waals surface area contributed by atoms with Crippen molar-refractivity contribution in [1.82, 2.24) is 0 Å². The van der Waals surface area contributed by atoms with Crippen LogP contribution in [0, 0.1) is 16.2 Å². The lowest BCUT2D eigenvalue weighted by Gasteiger charge is -2.49. The van der Waals surface area contributed by atoms with E-state index in [0.29, 0.717) is 24.3 Å².